The van der Waals surface area contributed by atoms with Crippen LogP contribution < -0.4 is 14.2 Å². The first-order chi connectivity index (χ1) is 11.9. The molecule has 0 saturated heterocycles. The summed E-state index contributed by atoms with van der Waals surface area (Å²) in [6, 6.07) is 10.9. The van der Waals surface area contributed by atoms with Crippen LogP contribution in [0.25, 0.3) is 0 Å². The Hall–Kier alpha value is -2.54. The van der Waals surface area contributed by atoms with Crippen molar-refractivity contribution < 1.29 is 22.7 Å². The van der Waals surface area contributed by atoms with Crippen LogP contribution >= 0.6 is 0 Å². The van der Waals surface area contributed by atoms with Gasteiger partial charge in [0.25, 0.3) is 10.0 Å². The molecule has 0 aliphatic heterocycles. The summed E-state index contributed by atoms with van der Waals surface area (Å²) in [5.74, 6) is 0.611. The van der Waals surface area contributed by atoms with Crippen LogP contribution in [0.4, 0.5) is 5.69 Å². The summed E-state index contributed by atoms with van der Waals surface area (Å²) in [5, 5.41) is 0. The molecule has 0 aliphatic carbocycles. The summed E-state index contributed by atoms with van der Waals surface area (Å²) in [6.45, 7) is 5.84. The molecule has 0 aliphatic rings. The van der Waals surface area contributed by atoms with Crippen molar-refractivity contribution in [3.05, 3.63) is 48.0 Å². The van der Waals surface area contributed by atoms with Crippen LogP contribution in [0.3, 0.4) is 0 Å². The molecule has 0 radical (unpaired) electrons. The van der Waals surface area contributed by atoms with Gasteiger partial charge in [0, 0.05) is 11.6 Å². The van der Waals surface area contributed by atoms with Gasteiger partial charge in [0.1, 0.15) is 0 Å². The number of para-hydroxylation sites is 1. The second-order valence-electron chi connectivity index (χ2n) is 5.18. The topological polar surface area (TPSA) is 81.7 Å². The number of ketones is 1. The van der Waals surface area contributed by atoms with E-state index in [9.17, 15) is 13.2 Å². The molecular formula is C18H21NO5S. The average Bonchev–Trinajstić information content (AvgIpc) is 2.56. The van der Waals surface area contributed by atoms with Gasteiger partial charge in [-0.15, -0.1) is 0 Å². The van der Waals surface area contributed by atoms with Gasteiger partial charge >= 0.3 is 0 Å². The van der Waals surface area contributed by atoms with Crippen LogP contribution in [0.2, 0.25) is 0 Å². The van der Waals surface area contributed by atoms with E-state index in [1.54, 1.807) is 37.3 Å². The van der Waals surface area contributed by atoms with E-state index in [1.807, 2.05) is 6.92 Å². The molecule has 0 amide bonds. The number of carbonyl (C=O) groups is 1. The Kier molecular flexibility index (Phi) is 6.03. The molecule has 0 fully saturated rings. The Bertz CT molecular complexity index is 862. The Labute approximate surface area is 147 Å². The Balaban J connectivity index is 2.40. The molecule has 6 nitrogen and oxygen atoms in total. The van der Waals surface area contributed by atoms with Gasteiger partial charge in [-0.2, -0.15) is 0 Å². The quantitative estimate of drug-likeness (QED) is 0.726. The van der Waals surface area contributed by atoms with Crippen LogP contribution in [0.5, 0.6) is 11.5 Å². The molecule has 1 N–H and O–H groups in total. The molecule has 7 heteroatoms. The normalized spacial score (nSPS) is 11.0. The zero-order valence-electron chi connectivity index (χ0n) is 14.4. The first kappa shape index (κ1) is 18.8. The highest BCUT2D eigenvalue weighted by atomic mass is 32.2. The van der Waals surface area contributed by atoms with Gasteiger partial charge in [0.2, 0.25) is 0 Å². The van der Waals surface area contributed by atoms with Gasteiger partial charge in [0.05, 0.1) is 23.8 Å². The monoisotopic (exact) mass is 363 g/mol. The lowest BCUT2D eigenvalue weighted by Gasteiger charge is -2.14. The van der Waals surface area contributed by atoms with Crippen molar-refractivity contribution in [3.8, 4) is 11.5 Å². The molecule has 2 rings (SSSR count). The second-order valence-corrected chi connectivity index (χ2v) is 6.86. The van der Waals surface area contributed by atoms with E-state index in [0.29, 0.717) is 30.3 Å². The van der Waals surface area contributed by atoms with Crippen molar-refractivity contribution in [3.63, 3.8) is 0 Å². The number of carbonyl (C=O) groups excluding carboxylic acids is 1. The number of hydrogen-bond donors (Lipinski definition) is 1. The van der Waals surface area contributed by atoms with E-state index in [1.165, 1.54) is 19.1 Å². The van der Waals surface area contributed by atoms with Gasteiger partial charge in [-0.3, -0.25) is 9.52 Å². The number of nitrogens with one attached hydrogen (secondary N) is 1. The summed E-state index contributed by atoms with van der Waals surface area (Å²) in [6.07, 6.45) is 0. The Morgan fingerprint density at radius 2 is 1.64 bits per heavy atom. The molecular weight excluding hydrogens is 342 g/mol. The smallest absolute Gasteiger partial charge is 0.262 e. The predicted molar refractivity (Wildman–Crippen MR) is 96.0 cm³/mol. The highest BCUT2D eigenvalue weighted by molar-refractivity contribution is 7.92. The lowest BCUT2D eigenvalue weighted by Crippen LogP contribution is -2.15. The van der Waals surface area contributed by atoms with Crippen LogP contribution in [-0.2, 0) is 10.0 Å². The summed E-state index contributed by atoms with van der Waals surface area (Å²) in [4.78, 5) is 11.7. The number of Topliss-reactive ketones (excluding diaryl/α,β-unsaturated/α-hetero) is 1. The molecule has 0 saturated carbocycles. The molecule has 2 aromatic carbocycles. The minimum Gasteiger partial charge on any atom is -0.490 e. The predicted octanol–water partition coefficient (Wildman–Crippen LogP) is 3.49. The summed E-state index contributed by atoms with van der Waals surface area (Å²) < 4.78 is 38.7. The van der Waals surface area contributed by atoms with Gasteiger partial charge < -0.3 is 9.47 Å². The number of hydrogen-bond acceptors (Lipinski definition) is 5. The van der Waals surface area contributed by atoms with E-state index in [2.05, 4.69) is 4.72 Å². The van der Waals surface area contributed by atoms with E-state index in [-0.39, 0.29) is 16.4 Å². The third kappa shape index (κ3) is 4.51. The SMILES string of the molecule is CCOc1ccc(S(=O)(=O)Nc2ccccc2C(C)=O)cc1OCC. The number of rotatable bonds is 8. The number of benzene rings is 2. The van der Waals surface area contributed by atoms with E-state index < -0.39 is 10.0 Å². The van der Waals surface area contributed by atoms with Crippen LogP contribution in [0, 0.1) is 0 Å². The average molecular weight is 363 g/mol. The largest absolute Gasteiger partial charge is 0.490 e. The molecule has 0 spiro atoms. The molecule has 0 atom stereocenters. The molecule has 0 aromatic heterocycles. The third-order valence-corrected chi connectivity index (χ3v) is 4.74. The Morgan fingerprint density at radius 1 is 1.00 bits per heavy atom. The fraction of sp³-hybridized carbons (Fsp3) is 0.278. The van der Waals surface area contributed by atoms with Crippen molar-refractivity contribution in [2.45, 2.75) is 25.7 Å². The molecule has 25 heavy (non-hydrogen) atoms. The minimum absolute atomic E-state index is 0.0257. The lowest BCUT2D eigenvalue weighted by atomic mass is 10.1. The third-order valence-electron chi connectivity index (χ3n) is 3.38. The zero-order valence-corrected chi connectivity index (χ0v) is 15.2. The maximum absolute atomic E-state index is 12.7. The number of ether oxygens (including phenoxy) is 2. The first-order valence-corrected chi connectivity index (χ1v) is 9.39. The first-order valence-electron chi connectivity index (χ1n) is 7.91. The molecule has 0 unspecified atom stereocenters. The van der Waals surface area contributed by atoms with Crippen LogP contribution in [0.1, 0.15) is 31.1 Å². The van der Waals surface area contributed by atoms with Crippen molar-refractivity contribution in [2.24, 2.45) is 0 Å². The molecule has 0 heterocycles. The number of sulfonamides is 1. The Morgan fingerprint density at radius 3 is 2.28 bits per heavy atom. The number of anilines is 1. The van der Waals surface area contributed by atoms with E-state index in [4.69, 9.17) is 9.47 Å². The van der Waals surface area contributed by atoms with Crippen LogP contribution in [-0.4, -0.2) is 27.4 Å². The molecule has 0 bridgehead atoms. The van der Waals surface area contributed by atoms with Crippen molar-refractivity contribution in [1.82, 2.24) is 0 Å². The lowest BCUT2D eigenvalue weighted by molar-refractivity contribution is 0.101. The van der Waals surface area contributed by atoms with Gasteiger partial charge in [0.15, 0.2) is 17.3 Å². The maximum atomic E-state index is 12.7. The minimum atomic E-state index is -3.88. The van der Waals surface area contributed by atoms with E-state index >= 15 is 0 Å². The standard InChI is InChI=1S/C18H21NO5S/c1-4-23-17-11-10-14(12-18(17)24-5-2)25(21,22)19-16-9-7-6-8-15(16)13(3)20/h6-12,19H,4-5H2,1-3H3. The molecule has 2 aromatic rings. The van der Waals surface area contributed by atoms with Gasteiger partial charge in [-0.25, -0.2) is 8.42 Å². The fourth-order valence-corrected chi connectivity index (χ4v) is 3.38. The highest BCUT2D eigenvalue weighted by Crippen LogP contribution is 2.31. The molecule has 134 valence electrons. The van der Waals surface area contributed by atoms with Crippen molar-refractivity contribution in [1.29, 1.82) is 0 Å². The van der Waals surface area contributed by atoms with Crippen molar-refractivity contribution >= 4 is 21.5 Å². The van der Waals surface area contributed by atoms with Crippen molar-refractivity contribution in [2.75, 3.05) is 17.9 Å². The second kappa shape index (κ2) is 8.02. The summed E-state index contributed by atoms with van der Waals surface area (Å²) in [5.41, 5.74) is 0.545. The summed E-state index contributed by atoms with van der Waals surface area (Å²) in [7, 11) is -3.88. The van der Waals surface area contributed by atoms with Gasteiger partial charge in [-0.1, -0.05) is 12.1 Å². The van der Waals surface area contributed by atoms with E-state index in [0.717, 1.165) is 0 Å². The van der Waals surface area contributed by atoms with Crippen LogP contribution in [0.15, 0.2) is 47.4 Å². The summed E-state index contributed by atoms with van der Waals surface area (Å²) >= 11 is 0. The zero-order chi connectivity index (χ0) is 18.4. The maximum Gasteiger partial charge on any atom is 0.262 e. The van der Waals surface area contributed by atoms with Gasteiger partial charge in [-0.05, 0) is 45.0 Å². The fourth-order valence-electron chi connectivity index (χ4n) is 2.28. The highest BCUT2D eigenvalue weighted by Gasteiger charge is 2.19.